The van der Waals surface area contributed by atoms with Gasteiger partial charge < -0.3 is 10.6 Å². The van der Waals surface area contributed by atoms with Crippen LogP contribution in [0.3, 0.4) is 0 Å². The first-order valence-electron chi connectivity index (χ1n) is 8.84. The molecule has 1 aliphatic carbocycles. The zero-order valence-electron chi connectivity index (χ0n) is 15.7. The van der Waals surface area contributed by atoms with Crippen LogP contribution in [0.2, 0.25) is 0 Å². The third kappa shape index (κ3) is 11.5. The number of nitrogens with one attached hydrogen (secondary N) is 2. The van der Waals surface area contributed by atoms with E-state index in [1.165, 1.54) is 44.8 Å². The molecule has 0 amide bonds. The summed E-state index contributed by atoms with van der Waals surface area (Å²) < 4.78 is 22.6. The van der Waals surface area contributed by atoms with Crippen molar-refractivity contribution in [2.75, 3.05) is 32.1 Å². The fraction of sp³-hybridized carbons (Fsp3) is 0.941. The third-order valence-corrected chi connectivity index (χ3v) is 5.61. The standard InChI is InChI=1S/C17H35N3O2S.HI/c1-17(2,11-13-23(4,21)22)14-20-16(18-3)19-12-7-10-15-8-5-6-9-15;/h15H,5-14H2,1-4H3,(H2,18,19,20);1H. The second-order valence-electron chi connectivity index (χ2n) is 7.69. The zero-order chi connectivity index (χ0) is 17.3. The Labute approximate surface area is 165 Å². The highest BCUT2D eigenvalue weighted by Gasteiger charge is 2.20. The van der Waals surface area contributed by atoms with Crippen LogP contribution in [-0.2, 0) is 9.84 Å². The Hall–Kier alpha value is -0.0500. The van der Waals surface area contributed by atoms with E-state index in [1.807, 2.05) is 0 Å². The van der Waals surface area contributed by atoms with Crippen LogP contribution in [-0.4, -0.2) is 46.5 Å². The summed E-state index contributed by atoms with van der Waals surface area (Å²) in [6.45, 7) is 5.82. The summed E-state index contributed by atoms with van der Waals surface area (Å²) in [6.07, 6.45) is 10.1. The summed E-state index contributed by atoms with van der Waals surface area (Å²) in [5.74, 6) is 1.97. The van der Waals surface area contributed by atoms with E-state index in [0.717, 1.165) is 18.4 Å². The molecule has 0 radical (unpaired) electrons. The Morgan fingerprint density at radius 3 is 2.38 bits per heavy atom. The van der Waals surface area contributed by atoms with Crippen LogP contribution in [0.4, 0.5) is 0 Å². The molecular formula is C17H36IN3O2S. The monoisotopic (exact) mass is 473 g/mol. The lowest BCUT2D eigenvalue weighted by molar-refractivity contribution is 0.348. The SMILES string of the molecule is CN=C(NCCCC1CCCC1)NCC(C)(C)CCS(C)(=O)=O.I. The molecule has 7 heteroatoms. The number of aliphatic imine (C=N–C) groups is 1. The number of guanidine groups is 1. The Kier molecular flexibility index (Phi) is 11.5. The molecule has 2 N–H and O–H groups in total. The summed E-state index contributed by atoms with van der Waals surface area (Å²) in [7, 11) is -1.13. The summed E-state index contributed by atoms with van der Waals surface area (Å²) >= 11 is 0. The van der Waals surface area contributed by atoms with E-state index >= 15 is 0 Å². The van der Waals surface area contributed by atoms with Crippen molar-refractivity contribution in [3.05, 3.63) is 0 Å². The van der Waals surface area contributed by atoms with Gasteiger partial charge in [-0.2, -0.15) is 0 Å². The summed E-state index contributed by atoms with van der Waals surface area (Å²) in [4.78, 5) is 4.25. The smallest absolute Gasteiger partial charge is 0.190 e. The predicted molar refractivity (Wildman–Crippen MR) is 114 cm³/mol. The summed E-state index contributed by atoms with van der Waals surface area (Å²) in [5, 5.41) is 6.68. The Bertz CT molecular complexity index is 472. The second-order valence-corrected chi connectivity index (χ2v) is 9.95. The number of nitrogens with zero attached hydrogens (tertiary/aromatic N) is 1. The van der Waals surface area contributed by atoms with E-state index in [9.17, 15) is 8.42 Å². The average molecular weight is 473 g/mol. The van der Waals surface area contributed by atoms with Crippen LogP contribution in [0.25, 0.3) is 0 Å². The van der Waals surface area contributed by atoms with Gasteiger partial charge in [0.1, 0.15) is 9.84 Å². The van der Waals surface area contributed by atoms with E-state index in [2.05, 4.69) is 29.5 Å². The van der Waals surface area contributed by atoms with Crippen LogP contribution >= 0.6 is 24.0 Å². The minimum absolute atomic E-state index is 0. The van der Waals surface area contributed by atoms with Gasteiger partial charge in [-0.3, -0.25) is 4.99 Å². The molecular weight excluding hydrogens is 437 g/mol. The van der Waals surface area contributed by atoms with Gasteiger partial charge in [0, 0.05) is 26.4 Å². The zero-order valence-corrected chi connectivity index (χ0v) is 18.9. The van der Waals surface area contributed by atoms with Gasteiger partial charge in [-0.1, -0.05) is 39.5 Å². The molecule has 0 atom stereocenters. The molecule has 144 valence electrons. The van der Waals surface area contributed by atoms with Gasteiger partial charge in [0.15, 0.2) is 5.96 Å². The number of halogens is 1. The summed E-state index contributed by atoms with van der Waals surface area (Å²) in [6, 6.07) is 0. The molecule has 1 rings (SSSR count). The largest absolute Gasteiger partial charge is 0.356 e. The predicted octanol–water partition coefficient (Wildman–Crippen LogP) is 3.20. The van der Waals surface area contributed by atoms with Gasteiger partial charge in [-0.05, 0) is 30.6 Å². The Morgan fingerprint density at radius 1 is 1.21 bits per heavy atom. The average Bonchev–Trinajstić information content (AvgIpc) is 2.97. The highest BCUT2D eigenvalue weighted by molar-refractivity contribution is 14.0. The molecule has 0 heterocycles. The molecule has 1 fully saturated rings. The molecule has 1 saturated carbocycles. The van der Waals surface area contributed by atoms with Crippen molar-refractivity contribution in [1.29, 1.82) is 0 Å². The fourth-order valence-electron chi connectivity index (χ4n) is 2.99. The molecule has 0 aliphatic heterocycles. The van der Waals surface area contributed by atoms with Crippen LogP contribution in [0.5, 0.6) is 0 Å². The van der Waals surface area contributed by atoms with Gasteiger partial charge in [-0.15, -0.1) is 24.0 Å². The van der Waals surface area contributed by atoms with E-state index in [4.69, 9.17) is 0 Å². The number of rotatable bonds is 9. The first-order chi connectivity index (χ1) is 10.7. The molecule has 24 heavy (non-hydrogen) atoms. The van der Waals surface area contributed by atoms with Gasteiger partial charge in [0.05, 0.1) is 5.75 Å². The molecule has 1 aliphatic rings. The van der Waals surface area contributed by atoms with Crippen molar-refractivity contribution in [2.45, 2.75) is 58.8 Å². The highest BCUT2D eigenvalue weighted by Crippen LogP contribution is 2.28. The van der Waals surface area contributed by atoms with Crippen molar-refractivity contribution >= 4 is 39.8 Å². The van der Waals surface area contributed by atoms with Crippen LogP contribution < -0.4 is 10.6 Å². The van der Waals surface area contributed by atoms with Crippen molar-refractivity contribution < 1.29 is 8.42 Å². The molecule has 0 spiro atoms. The third-order valence-electron chi connectivity index (χ3n) is 4.66. The number of hydrogen-bond acceptors (Lipinski definition) is 3. The van der Waals surface area contributed by atoms with E-state index in [0.29, 0.717) is 13.0 Å². The van der Waals surface area contributed by atoms with Crippen molar-refractivity contribution in [1.82, 2.24) is 10.6 Å². The molecule has 0 aromatic heterocycles. The molecule has 0 aromatic rings. The first-order valence-corrected chi connectivity index (χ1v) is 10.9. The van der Waals surface area contributed by atoms with Crippen LogP contribution in [0.15, 0.2) is 4.99 Å². The van der Waals surface area contributed by atoms with Gasteiger partial charge in [-0.25, -0.2) is 8.42 Å². The maximum absolute atomic E-state index is 11.3. The lowest BCUT2D eigenvalue weighted by atomic mass is 9.90. The van der Waals surface area contributed by atoms with Crippen LogP contribution in [0.1, 0.15) is 58.8 Å². The lowest BCUT2D eigenvalue weighted by Gasteiger charge is -2.25. The molecule has 0 saturated heterocycles. The Balaban J connectivity index is 0.00000529. The molecule has 5 nitrogen and oxygen atoms in total. The fourth-order valence-corrected chi connectivity index (χ4v) is 3.91. The lowest BCUT2D eigenvalue weighted by Crippen LogP contribution is -2.42. The molecule has 0 bridgehead atoms. The summed E-state index contributed by atoms with van der Waals surface area (Å²) in [5.41, 5.74) is -0.0788. The number of sulfone groups is 1. The van der Waals surface area contributed by atoms with Crippen molar-refractivity contribution in [2.24, 2.45) is 16.3 Å². The van der Waals surface area contributed by atoms with Crippen molar-refractivity contribution in [3.8, 4) is 0 Å². The van der Waals surface area contributed by atoms with E-state index < -0.39 is 9.84 Å². The quantitative estimate of drug-likeness (QED) is 0.234. The van der Waals surface area contributed by atoms with E-state index in [1.54, 1.807) is 7.05 Å². The maximum atomic E-state index is 11.3. The van der Waals surface area contributed by atoms with Crippen molar-refractivity contribution in [3.63, 3.8) is 0 Å². The molecule has 0 aromatic carbocycles. The van der Waals surface area contributed by atoms with Crippen LogP contribution in [0, 0.1) is 11.3 Å². The minimum atomic E-state index is -2.90. The second kappa shape index (κ2) is 11.5. The molecule has 0 unspecified atom stereocenters. The van der Waals surface area contributed by atoms with Gasteiger partial charge in [0.25, 0.3) is 0 Å². The topological polar surface area (TPSA) is 70.6 Å². The normalized spacial score (nSPS) is 16.8. The van der Waals surface area contributed by atoms with Gasteiger partial charge >= 0.3 is 0 Å². The highest BCUT2D eigenvalue weighted by atomic mass is 127. The van der Waals surface area contributed by atoms with E-state index in [-0.39, 0.29) is 35.1 Å². The minimum Gasteiger partial charge on any atom is -0.356 e. The maximum Gasteiger partial charge on any atom is 0.190 e. The number of hydrogen-bond donors (Lipinski definition) is 2. The first kappa shape index (κ1) is 23.9. The van der Waals surface area contributed by atoms with Gasteiger partial charge in [0.2, 0.25) is 0 Å². The Morgan fingerprint density at radius 2 is 1.83 bits per heavy atom.